The van der Waals surface area contributed by atoms with Crippen molar-refractivity contribution >= 4 is 147 Å². The van der Waals surface area contributed by atoms with Crippen LogP contribution in [0.15, 0.2) is 339 Å². The summed E-state index contributed by atoms with van der Waals surface area (Å²) in [5.74, 6) is 0. The predicted octanol–water partition coefficient (Wildman–Crippen LogP) is 26.3. The third kappa shape index (κ3) is 11.3. The molecule has 0 N–H and O–H groups in total. The molecule has 2 aliphatic heterocycles. The second-order valence-electron chi connectivity index (χ2n) is 31.6. The van der Waals surface area contributed by atoms with Gasteiger partial charge in [-0.25, -0.2) is 0 Å². The SMILES string of the molecule is [2H]c1c([2H])c([2H])c(-c2c([2H])c([2H])c3[se]c4c(c3c2[2H])c2c([2H])c(-c3c([2H])c([2H])c([2H])c([2H])c3[2H])c([2H])c([2H])c2n4-c2c([2H])c([2H])c3c(c2[2H])N(c2c(-c4ccccc4)cc(C(C)(C)C)cc2-c2ccccc2)c2cc(C(C)(C)C)cc4c2B3c2c([2H])c([2H])c(-n3c5[se]c6c([2H])c([2H])c([2H])c([2H])c6c5c5c([2H])c([2H])c([2H])c([2H])c53)c([2H])c2N4c2c(-c3ccccc3)cc(C(C)(C)C)cc2-c2ccccc2)c([2H])c1[2H]. The van der Waals surface area contributed by atoms with Crippen LogP contribution in [0.25, 0.3) is 139 Å². The van der Waals surface area contributed by atoms with Crippen LogP contribution in [0.5, 0.6) is 0 Å². The Bertz CT molecular complexity index is 8770. The number of aromatic nitrogens is 2. The minimum atomic E-state index is -1.71. The Morgan fingerprint density at radius 3 is 1.12 bits per heavy atom. The van der Waals surface area contributed by atoms with E-state index in [4.69, 9.17) is 11.0 Å². The molecule has 19 aromatic rings. The summed E-state index contributed by atoms with van der Waals surface area (Å²) < 4.78 is 303. The van der Waals surface area contributed by atoms with Crippen LogP contribution in [0, 0.1) is 0 Å². The van der Waals surface area contributed by atoms with Gasteiger partial charge in [-0.1, -0.05) is 0 Å². The van der Waals surface area contributed by atoms with E-state index < -0.39 is 278 Å². The zero-order valence-electron chi connectivity index (χ0n) is 92.7. The van der Waals surface area contributed by atoms with Gasteiger partial charge in [0.2, 0.25) is 0 Å². The Labute approximate surface area is 715 Å². The summed E-state index contributed by atoms with van der Waals surface area (Å²) in [5, 5.41) is -1.18. The van der Waals surface area contributed by atoms with Gasteiger partial charge in [0.25, 0.3) is 0 Å². The second-order valence-corrected chi connectivity index (χ2v) is 35.8. The average molecular weight is 1610 g/mol. The molecule has 0 aliphatic carbocycles. The fourth-order valence-electron chi connectivity index (χ4n) is 16.1. The molecule has 542 valence electrons. The van der Waals surface area contributed by atoms with Crippen molar-refractivity contribution < 1.29 is 41.1 Å². The molecule has 0 unspecified atom stereocenters. The zero-order valence-corrected chi connectivity index (χ0v) is 66.1. The Kier molecular flexibility index (Phi) is 10.3. The molecule has 0 amide bonds. The molecule has 0 atom stereocenters. The van der Waals surface area contributed by atoms with Crippen LogP contribution in [-0.2, 0) is 16.2 Å². The first kappa shape index (κ1) is 44.4. The number of nitrogens with zero attached hydrogens (tertiary/aromatic N) is 4. The van der Waals surface area contributed by atoms with Crippen molar-refractivity contribution in [2.24, 2.45) is 0 Å². The van der Waals surface area contributed by atoms with Crippen molar-refractivity contribution in [1.29, 1.82) is 0 Å². The van der Waals surface area contributed by atoms with Crippen molar-refractivity contribution in [3.05, 3.63) is 356 Å². The molecule has 2 aliphatic rings. The van der Waals surface area contributed by atoms with E-state index in [-0.39, 0.29) is 77.7 Å². The molecule has 4 aromatic heterocycles. The Balaban J connectivity index is 1.02. The monoisotopic (exact) mass is 1610 g/mol. The molecule has 4 nitrogen and oxygen atoms in total. The van der Waals surface area contributed by atoms with Gasteiger partial charge in [0, 0.05) is 0 Å². The molecule has 21 rings (SSSR count). The van der Waals surface area contributed by atoms with E-state index >= 15 is 0 Å². The molecular formula is C106H83BN4Se2. The van der Waals surface area contributed by atoms with Crippen molar-refractivity contribution in [3.63, 3.8) is 0 Å². The molecule has 0 fully saturated rings. The second kappa shape index (κ2) is 26.4. The summed E-state index contributed by atoms with van der Waals surface area (Å²) in [4.78, 5) is 3.80. The molecule has 6 heterocycles. The van der Waals surface area contributed by atoms with Gasteiger partial charge < -0.3 is 0 Å². The van der Waals surface area contributed by atoms with Crippen molar-refractivity contribution in [1.82, 2.24) is 9.13 Å². The van der Waals surface area contributed by atoms with E-state index in [0.29, 0.717) is 72.6 Å². The van der Waals surface area contributed by atoms with Crippen molar-refractivity contribution in [2.75, 3.05) is 9.80 Å². The number of anilines is 6. The number of rotatable bonds is 10. The Morgan fingerprint density at radius 2 is 0.673 bits per heavy atom. The van der Waals surface area contributed by atoms with Gasteiger partial charge >= 0.3 is 719 Å². The first-order chi connectivity index (χ1) is 67.5. The standard InChI is InChI=1S/C106H83BN4Se2/c1-104(2,3)74-58-81(68-36-20-12-21-37-68)100(82(59-74)69-38-22-13-23-39-69)110-91-64-77(108-89-46-30-28-44-79(89)97-80-45-29-31-47-95(80)112-102(97)108)50-52-87(91)107-88-53-51-78(109-90-54-48-72(66-32-16-10-17-33-66)56-85(90)98-86-57-73(67-34-18-11-19-35-67)49-55-96(86)113-103(98)109)65-92(88)111(94-63-76(106(7,8)9)62-93(110)99(94)107)101-83(70-40-24-14-25-41-70)60-75(105(4,5)6)61-84(101)71-42-26-15-27-43-71/h10-65H,1-9H3/i10D,11D,16D,17D,18D,19D,28D,29D,30D,31D,32D,33D,34D,35D,44D,45D,46D,47D,48D,49D,50D,51D,52D,53D,54D,55D,56D,57D,64D,65D. The number of para-hydroxylation sites is 1. The van der Waals surface area contributed by atoms with E-state index in [1.54, 1.807) is 0 Å². The van der Waals surface area contributed by atoms with Crippen molar-refractivity contribution in [3.8, 4) is 78.1 Å². The molecule has 113 heavy (non-hydrogen) atoms. The third-order valence-corrected chi connectivity index (χ3v) is 26.2. The van der Waals surface area contributed by atoms with E-state index in [1.165, 1.54) is 9.13 Å². The fraction of sp³-hybridized carbons (Fsp3) is 0.113. The van der Waals surface area contributed by atoms with Gasteiger partial charge in [-0.05, 0) is 0 Å². The normalized spacial score (nSPS) is 16.7. The van der Waals surface area contributed by atoms with Crippen LogP contribution in [-0.4, -0.2) is 44.9 Å². The van der Waals surface area contributed by atoms with Gasteiger partial charge in [-0.3, -0.25) is 0 Å². The minimum absolute atomic E-state index is 0.00649. The summed E-state index contributed by atoms with van der Waals surface area (Å²) in [6, 6.07) is 28.3. The quantitative estimate of drug-likeness (QED) is 0.127. The van der Waals surface area contributed by atoms with E-state index in [0.717, 1.165) is 11.1 Å². The Hall–Kier alpha value is -11.9. The molecule has 0 saturated heterocycles. The first-order valence-electron chi connectivity index (χ1n) is 52.2. The van der Waals surface area contributed by atoms with Gasteiger partial charge in [0.15, 0.2) is 0 Å². The third-order valence-electron chi connectivity index (χ3n) is 21.7. The maximum atomic E-state index is 12.2. The molecule has 7 heteroatoms. The Morgan fingerprint density at radius 1 is 0.301 bits per heavy atom. The summed E-state index contributed by atoms with van der Waals surface area (Å²) in [5.41, 5.74) is 1.41. The van der Waals surface area contributed by atoms with Gasteiger partial charge in [-0.2, -0.15) is 0 Å². The van der Waals surface area contributed by atoms with E-state index in [9.17, 15) is 30.2 Å². The van der Waals surface area contributed by atoms with Gasteiger partial charge in [-0.15, -0.1) is 0 Å². The zero-order chi connectivity index (χ0) is 102. The summed E-state index contributed by atoms with van der Waals surface area (Å²) >= 11 is -2.84. The summed E-state index contributed by atoms with van der Waals surface area (Å²) in [6.07, 6.45) is 0. The van der Waals surface area contributed by atoms with Gasteiger partial charge in [0.1, 0.15) is 0 Å². The van der Waals surface area contributed by atoms with Crippen LogP contribution < -0.4 is 26.2 Å². The molecule has 0 radical (unpaired) electrons. The number of hydrogen-bond donors (Lipinski definition) is 0. The first-order valence-corrected chi connectivity index (χ1v) is 40.6. The summed E-state index contributed by atoms with van der Waals surface area (Å²) in [6.45, 7) is 16.8. The molecule has 15 aromatic carbocycles. The molecule has 0 bridgehead atoms. The molecular weight excluding hydrogens is 1500 g/mol. The molecule has 0 spiro atoms. The number of fused-ring (bicyclic) bond motifs is 14. The van der Waals surface area contributed by atoms with Crippen molar-refractivity contribution in [2.45, 2.75) is 78.6 Å². The topological polar surface area (TPSA) is 16.3 Å². The van der Waals surface area contributed by atoms with Crippen LogP contribution in [0.2, 0.25) is 0 Å². The average Bonchev–Trinajstić information content (AvgIpc) is 1.66. The number of benzene rings is 15. The maximum absolute atomic E-state index is 12.2. The van der Waals surface area contributed by atoms with E-state index in [1.807, 2.05) is 164 Å². The van der Waals surface area contributed by atoms with Crippen LogP contribution in [0.4, 0.5) is 34.1 Å². The molecule has 0 saturated carbocycles. The van der Waals surface area contributed by atoms with Crippen LogP contribution >= 0.6 is 0 Å². The summed E-state index contributed by atoms with van der Waals surface area (Å²) in [7, 11) is 0. The van der Waals surface area contributed by atoms with E-state index in [2.05, 4.69) is 65.8 Å². The number of hydrogen-bond acceptors (Lipinski definition) is 2. The van der Waals surface area contributed by atoms with Crippen LogP contribution in [0.3, 0.4) is 0 Å². The van der Waals surface area contributed by atoms with Gasteiger partial charge in [0.05, 0.1) is 0 Å². The van der Waals surface area contributed by atoms with Crippen LogP contribution in [0.1, 0.15) is 120 Å². The fourth-order valence-corrected chi connectivity index (χ4v) is 20.9. The predicted molar refractivity (Wildman–Crippen MR) is 487 cm³/mol.